The molecule has 0 aromatic heterocycles. The van der Waals surface area contributed by atoms with Gasteiger partial charge in [0.15, 0.2) is 6.10 Å². The standard InChI is InChI=1S/C66H120O6/c1-4-7-10-13-16-18-20-22-23-24-25-26-27-28-29-30-31-32-33-34-35-36-37-38-39-40-41-42-44-45-47-50-53-56-59-65(68)71-62-63(61-70-64(67)58-55-52-49-15-12-9-6-3)72-66(69)60-57-54-51-48-46-43-21-19-17-14-11-8-5-2/h8,11,17,19,43,46,51,54,63H,4-7,9-10,12-16,18,20-42,44-45,47-50,52-53,55-62H2,1-3H3/b11-8-,19-17-,46-43-,54-51-. The fraction of sp³-hybridized carbons (Fsp3) is 0.833. The Balaban J connectivity index is 3.92. The predicted octanol–water partition coefficient (Wildman–Crippen LogP) is 21.4. The monoisotopic (exact) mass is 1010 g/mol. The summed E-state index contributed by atoms with van der Waals surface area (Å²) >= 11 is 0. The van der Waals surface area contributed by atoms with Crippen molar-refractivity contribution < 1.29 is 28.6 Å². The van der Waals surface area contributed by atoms with E-state index in [1.54, 1.807) is 0 Å². The van der Waals surface area contributed by atoms with Gasteiger partial charge in [-0.25, -0.2) is 0 Å². The summed E-state index contributed by atoms with van der Waals surface area (Å²) in [6.45, 7) is 6.45. The van der Waals surface area contributed by atoms with E-state index in [-0.39, 0.29) is 37.5 Å². The molecule has 6 heteroatoms. The van der Waals surface area contributed by atoms with Gasteiger partial charge in [-0.3, -0.25) is 14.4 Å². The molecule has 420 valence electrons. The van der Waals surface area contributed by atoms with Crippen LogP contribution in [0.15, 0.2) is 48.6 Å². The van der Waals surface area contributed by atoms with Crippen LogP contribution in [-0.2, 0) is 28.6 Å². The van der Waals surface area contributed by atoms with Crippen LogP contribution in [0.2, 0.25) is 0 Å². The Labute approximate surface area is 448 Å². The summed E-state index contributed by atoms with van der Waals surface area (Å²) in [6.07, 6.45) is 76.3. The zero-order chi connectivity index (χ0) is 52.2. The highest BCUT2D eigenvalue weighted by atomic mass is 16.6. The highest BCUT2D eigenvalue weighted by Crippen LogP contribution is 2.18. The van der Waals surface area contributed by atoms with Gasteiger partial charge in [0.1, 0.15) is 13.2 Å². The minimum absolute atomic E-state index is 0.0983. The van der Waals surface area contributed by atoms with Crippen molar-refractivity contribution in [1.82, 2.24) is 0 Å². The predicted molar refractivity (Wildman–Crippen MR) is 312 cm³/mol. The van der Waals surface area contributed by atoms with Crippen LogP contribution in [0.25, 0.3) is 0 Å². The van der Waals surface area contributed by atoms with E-state index in [0.29, 0.717) is 19.3 Å². The molecule has 0 N–H and O–H groups in total. The lowest BCUT2D eigenvalue weighted by Crippen LogP contribution is -2.30. The third kappa shape index (κ3) is 58.3. The van der Waals surface area contributed by atoms with Gasteiger partial charge >= 0.3 is 17.9 Å². The number of unbranched alkanes of at least 4 members (excludes halogenated alkanes) is 39. The van der Waals surface area contributed by atoms with E-state index in [9.17, 15) is 14.4 Å². The van der Waals surface area contributed by atoms with E-state index in [4.69, 9.17) is 14.2 Å². The minimum Gasteiger partial charge on any atom is -0.462 e. The highest BCUT2D eigenvalue weighted by Gasteiger charge is 2.19. The summed E-state index contributed by atoms with van der Waals surface area (Å²) in [5.41, 5.74) is 0. The Morgan fingerprint density at radius 2 is 0.542 bits per heavy atom. The average molecular weight is 1010 g/mol. The second-order valence-electron chi connectivity index (χ2n) is 21.3. The van der Waals surface area contributed by atoms with Crippen molar-refractivity contribution >= 4 is 17.9 Å². The molecule has 0 radical (unpaired) electrons. The van der Waals surface area contributed by atoms with Crippen LogP contribution in [0.1, 0.15) is 335 Å². The average Bonchev–Trinajstić information content (AvgIpc) is 3.38. The van der Waals surface area contributed by atoms with Gasteiger partial charge in [0.2, 0.25) is 0 Å². The molecule has 0 bridgehead atoms. The Morgan fingerprint density at radius 1 is 0.292 bits per heavy atom. The van der Waals surface area contributed by atoms with E-state index in [2.05, 4.69) is 57.2 Å². The van der Waals surface area contributed by atoms with E-state index >= 15 is 0 Å². The second kappa shape index (κ2) is 60.9. The van der Waals surface area contributed by atoms with Gasteiger partial charge in [-0.1, -0.05) is 320 Å². The molecular weight excluding hydrogens is 889 g/mol. The van der Waals surface area contributed by atoms with Crippen LogP contribution in [0.3, 0.4) is 0 Å². The molecule has 0 saturated carbocycles. The van der Waals surface area contributed by atoms with Crippen molar-refractivity contribution in [3.05, 3.63) is 48.6 Å². The lowest BCUT2D eigenvalue weighted by Gasteiger charge is -2.18. The fourth-order valence-corrected chi connectivity index (χ4v) is 9.40. The van der Waals surface area contributed by atoms with Crippen LogP contribution in [0, 0.1) is 0 Å². The van der Waals surface area contributed by atoms with Gasteiger partial charge < -0.3 is 14.2 Å². The molecule has 0 fully saturated rings. The maximum atomic E-state index is 12.7. The number of esters is 3. The Morgan fingerprint density at radius 3 is 0.819 bits per heavy atom. The van der Waals surface area contributed by atoms with E-state index in [1.807, 2.05) is 12.2 Å². The summed E-state index contributed by atoms with van der Waals surface area (Å²) in [4.78, 5) is 37.8. The van der Waals surface area contributed by atoms with Crippen molar-refractivity contribution in [2.45, 2.75) is 341 Å². The normalized spacial score (nSPS) is 12.3. The van der Waals surface area contributed by atoms with E-state index < -0.39 is 6.10 Å². The van der Waals surface area contributed by atoms with Gasteiger partial charge in [-0.05, 0) is 44.9 Å². The number of carbonyl (C=O) groups excluding carboxylic acids is 3. The molecular formula is C66H120O6. The van der Waals surface area contributed by atoms with Crippen LogP contribution >= 0.6 is 0 Å². The summed E-state index contributed by atoms with van der Waals surface area (Å²) in [5.74, 6) is -0.975. The summed E-state index contributed by atoms with van der Waals surface area (Å²) < 4.78 is 16.7. The zero-order valence-corrected chi connectivity index (χ0v) is 48.2. The largest absolute Gasteiger partial charge is 0.462 e. The lowest BCUT2D eigenvalue weighted by atomic mass is 10.0. The number of ether oxygens (including phenoxy) is 3. The number of hydrogen-bond donors (Lipinski definition) is 0. The third-order valence-electron chi connectivity index (χ3n) is 14.1. The van der Waals surface area contributed by atoms with E-state index in [0.717, 1.165) is 64.2 Å². The summed E-state index contributed by atoms with van der Waals surface area (Å²) in [5, 5.41) is 0. The number of hydrogen-bond acceptors (Lipinski definition) is 6. The van der Waals surface area contributed by atoms with Crippen LogP contribution in [0.5, 0.6) is 0 Å². The number of carbonyl (C=O) groups is 3. The molecule has 72 heavy (non-hydrogen) atoms. The molecule has 0 amide bonds. The first-order chi connectivity index (χ1) is 35.5. The quantitative estimate of drug-likeness (QED) is 0.0261. The van der Waals surface area contributed by atoms with Gasteiger partial charge in [0.05, 0.1) is 0 Å². The van der Waals surface area contributed by atoms with Crippen molar-refractivity contribution in [3.63, 3.8) is 0 Å². The first-order valence-electron chi connectivity index (χ1n) is 31.6. The molecule has 0 aromatic carbocycles. The molecule has 0 rings (SSSR count). The van der Waals surface area contributed by atoms with Crippen molar-refractivity contribution in [2.75, 3.05) is 13.2 Å². The van der Waals surface area contributed by atoms with Crippen molar-refractivity contribution in [1.29, 1.82) is 0 Å². The first-order valence-corrected chi connectivity index (χ1v) is 31.6. The minimum atomic E-state index is -0.806. The van der Waals surface area contributed by atoms with Gasteiger partial charge in [-0.15, -0.1) is 0 Å². The maximum Gasteiger partial charge on any atom is 0.306 e. The van der Waals surface area contributed by atoms with Gasteiger partial charge in [-0.2, -0.15) is 0 Å². The van der Waals surface area contributed by atoms with E-state index in [1.165, 1.54) is 225 Å². The topological polar surface area (TPSA) is 78.9 Å². The van der Waals surface area contributed by atoms with Crippen LogP contribution in [-0.4, -0.2) is 37.2 Å². The van der Waals surface area contributed by atoms with Gasteiger partial charge in [0.25, 0.3) is 0 Å². The molecule has 0 aromatic rings. The molecule has 6 nitrogen and oxygen atoms in total. The molecule has 0 saturated heterocycles. The summed E-state index contributed by atoms with van der Waals surface area (Å²) in [7, 11) is 0. The summed E-state index contributed by atoms with van der Waals surface area (Å²) in [6, 6.07) is 0. The molecule has 1 unspecified atom stereocenters. The van der Waals surface area contributed by atoms with Crippen LogP contribution in [0.4, 0.5) is 0 Å². The Hall–Kier alpha value is -2.63. The van der Waals surface area contributed by atoms with Crippen molar-refractivity contribution in [3.8, 4) is 0 Å². The second-order valence-corrected chi connectivity index (χ2v) is 21.3. The SMILES string of the molecule is CC/C=C\C/C=C\C/C=C\C/C=C\CCC(=O)OC(COC(=O)CCCCCCCCC)COC(=O)CCCCCCCCCCCCCCCCCCCCCCCCCCCCCCCCCCCC. The Kier molecular flexibility index (Phi) is 58.7. The molecule has 1 atom stereocenters. The third-order valence-corrected chi connectivity index (χ3v) is 14.1. The molecule has 0 aliphatic heterocycles. The lowest BCUT2D eigenvalue weighted by molar-refractivity contribution is -0.166. The molecule has 0 aliphatic rings. The zero-order valence-electron chi connectivity index (χ0n) is 48.2. The molecule has 0 spiro atoms. The highest BCUT2D eigenvalue weighted by molar-refractivity contribution is 5.71. The van der Waals surface area contributed by atoms with Gasteiger partial charge in [0, 0.05) is 19.3 Å². The maximum absolute atomic E-state index is 12.7. The Bertz CT molecular complexity index is 1250. The number of rotatable bonds is 58. The first kappa shape index (κ1) is 69.4. The number of allylic oxidation sites excluding steroid dienone is 8. The molecule has 0 aliphatic carbocycles. The van der Waals surface area contributed by atoms with Crippen molar-refractivity contribution in [2.24, 2.45) is 0 Å². The van der Waals surface area contributed by atoms with Crippen LogP contribution < -0.4 is 0 Å². The smallest absolute Gasteiger partial charge is 0.306 e. The molecule has 0 heterocycles. The fourth-order valence-electron chi connectivity index (χ4n) is 9.40.